The first kappa shape index (κ1) is 13.1. The Kier molecular flexibility index (Phi) is 3.99. The van der Waals surface area contributed by atoms with Crippen molar-refractivity contribution in [2.24, 2.45) is 5.73 Å². The van der Waals surface area contributed by atoms with Crippen LogP contribution in [0.4, 0.5) is 0 Å². The van der Waals surface area contributed by atoms with Gasteiger partial charge in [-0.3, -0.25) is 4.98 Å². The summed E-state index contributed by atoms with van der Waals surface area (Å²) in [4.78, 5) is 4.33. The third-order valence-electron chi connectivity index (χ3n) is 2.96. The van der Waals surface area contributed by atoms with Gasteiger partial charge in [0, 0.05) is 10.7 Å². The third-order valence-corrected chi connectivity index (χ3v) is 3.82. The molecular formula is C14H15BrN2O. The topological polar surface area (TPSA) is 48.1 Å². The van der Waals surface area contributed by atoms with Crippen LogP contribution in [0.2, 0.25) is 0 Å². The minimum atomic E-state index is -0.293. The molecule has 1 unspecified atom stereocenters. The number of rotatable bonds is 3. The van der Waals surface area contributed by atoms with Gasteiger partial charge in [0.15, 0.2) is 0 Å². The minimum absolute atomic E-state index is 0.293. The van der Waals surface area contributed by atoms with E-state index in [2.05, 4.69) is 20.9 Å². The molecule has 18 heavy (non-hydrogen) atoms. The van der Waals surface area contributed by atoms with E-state index in [-0.39, 0.29) is 6.04 Å². The Hall–Kier alpha value is -1.39. The summed E-state index contributed by atoms with van der Waals surface area (Å²) in [6, 6.07) is 9.40. The summed E-state index contributed by atoms with van der Waals surface area (Å²) in [5.41, 5.74) is 9.22. The number of benzene rings is 1. The highest BCUT2D eigenvalue weighted by Gasteiger charge is 2.17. The van der Waals surface area contributed by atoms with Gasteiger partial charge in [0.25, 0.3) is 0 Å². The van der Waals surface area contributed by atoms with Crippen LogP contribution in [0.1, 0.15) is 22.9 Å². The molecule has 3 nitrogen and oxygen atoms in total. The van der Waals surface area contributed by atoms with Crippen molar-refractivity contribution in [2.45, 2.75) is 13.0 Å². The minimum Gasteiger partial charge on any atom is -0.495 e. The maximum atomic E-state index is 6.30. The van der Waals surface area contributed by atoms with E-state index in [4.69, 9.17) is 10.5 Å². The van der Waals surface area contributed by atoms with Crippen molar-refractivity contribution in [1.82, 2.24) is 4.98 Å². The second kappa shape index (κ2) is 5.50. The van der Waals surface area contributed by atoms with E-state index in [0.717, 1.165) is 21.3 Å². The molecule has 0 radical (unpaired) electrons. The fourth-order valence-corrected chi connectivity index (χ4v) is 2.30. The highest BCUT2D eigenvalue weighted by atomic mass is 79.9. The molecule has 1 atom stereocenters. The van der Waals surface area contributed by atoms with Crippen LogP contribution in [0.3, 0.4) is 0 Å². The van der Waals surface area contributed by atoms with Crippen LogP contribution in [0.5, 0.6) is 5.75 Å². The van der Waals surface area contributed by atoms with Gasteiger partial charge in [0.1, 0.15) is 11.4 Å². The summed E-state index contributed by atoms with van der Waals surface area (Å²) < 4.78 is 6.35. The highest BCUT2D eigenvalue weighted by molar-refractivity contribution is 9.10. The molecule has 2 aromatic rings. The second-order valence-corrected chi connectivity index (χ2v) is 4.88. The Morgan fingerprint density at radius 3 is 2.78 bits per heavy atom. The number of methoxy groups -OCH3 is 1. The summed E-state index contributed by atoms with van der Waals surface area (Å²) >= 11 is 3.52. The number of nitrogens with zero attached hydrogens (tertiary/aromatic N) is 1. The van der Waals surface area contributed by atoms with E-state index in [1.807, 2.05) is 37.3 Å². The van der Waals surface area contributed by atoms with Crippen LogP contribution in [0.15, 0.2) is 41.0 Å². The third kappa shape index (κ3) is 2.40. The molecule has 0 amide bonds. The quantitative estimate of drug-likeness (QED) is 0.947. The number of pyridine rings is 1. The SMILES string of the molecule is COc1cccnc1C(N)c1cccc(Br)c1C. The average Bonchev–Trinajstić information content (AvgIpc) is 2.41. The first-order valence-corrected chi connectivity index (χ1v) is 6.44. The maximum Gasteiger partial charge on any atom is 0.142 e. The largest absolute Gasteiger partial charge is 0.495 e. The smallest absolute Gasteiger partial charge is 0.142 e. The summed E-state index contributed by atoms with van der Waals surface area (Å²) in [7, 11) is 1.63. The summed E-state index contributed by atoms with van der Waals surface area (Å²) in [5, 5.41) is 0. The van der Waals surface area contributed by atoms with Gasteiger partial charge < -0.3 is 10.5 Å². The van der Waals surface area contributed by atoms with Gasteiger partial charge in [-0.15, -0.1) is 0 Å². The second-order valence-electron chi connectivity index (χ2n) is 4.02. The van der Waals surface area contributed by atoms with Gasteiger partial charge in [-0.1, -0.05) is 28.1 Å². The van der Waals surface area contributed by atoms with E-state index in [1.54, 1.807) is 13.3 Å². The molecule has 0 spiro atoms. The number of halogens is 1. The Morgan fingerprint density at radius 1 is 1.28 bits per heavy atom. The number of nitrogens with two attached hydrogens (primary N) is 1. The molecule has 0 aliphatic heterocycles. The lowest BCUT2D eigenvalue weighted by molar-refractivity contribution is 0.404. The normalized spacial score (nSPS) is 12.2. The fraction of sp³-hybridized carbons (Fsp3) is 0.214. The Balaban J connectivity index is 2.48. The molecular weight excluding hydrogens is 292 g/mol. The molecule has 4 heteroatoms. The van der Waals surface area contributed by atoms with Crippen LogP contribution in [-0.2, 0) is 0 Å². The zero-order valence-corrected chi connectivity index (χ0v) is 11.9. The van der Waals surface area contributed by atoms with Gasteiger partial charge >= 0.3 is 0 Å². The van der Waals surface area contributed by atoms with Crippen molar-refractivity contribution >= 4 is 15.9 Å². The van der Waals surface area contributed by atoms with Crippen LogP contribution in [0.25, 0.3) is 0 Å². The highest BCUT2D eigenvalue weighted by Crippen LogP contribution is 2.30. The average molecular weight is 307 g/mol. The molecule has 0 aliphatic rings. The van der Waals surface area contributed by atoms with Crippen molar-refractivity contribution in [1.29, 1.82) is 0 Å². The van der Waals surface area contributed by atoms with Crippen LogP contribution >= 0.6 is 15.9 Å². The van der Waals surface area contributed by atoms with Crippen molar-refractivity contribution in [2.75, 3.05) is 7.11 Å². The van der Waals surface area contributed by atoms with E-state index >= 15 is 0 Å². The van der Waals surface area contributed by atoms with Gasteiger partial charge in [0.2, 0.25) is 0 Å². The van der Waals surface area contributed by atoms with Gasteiger partial charge in [-0.2, -0.15) is 0 Å². The van der Waals surface area contributed by atoms with E-state index < -0.39 is 0 Å². The van der Waals surface area contributed by atoms with E-state index in [9.17, 15) is 0 Å². The lowest BCUT2D eigenvalue weighted by atomic mass is 9.99. The number of aromatic nitrogens is 1. The molecule has 0 fully saturated rings. The molecule has 0 aliphatic carbocycles. The first-order valence-electron chi connectivity index (χ1n) is 5.64. The number of ether oxygens (including phenoxy) is 1. The summed E-state index contributed by atoms with van der Waals surface area (Å²) in [5.74, 6) is 0.712. The van der Waals surface area contributed by atoms with E-state index in [1.165, 1.54) is 0 Å². The molecule has 1 heterocycles. The molecule has 94 valence electrons. The van der Waals surface area contributed by atoms with Crippen molar-refractivity contribution in [3.8, 4) is 5.75 Å². The van der Waals surface area contributed by atoms with Crippen LogP contribution in [-0.4, -0.2) is 12.1 Å². The van der Waals surface area contributed by atoms with Crippen molar-refractivity contribution in [3.05, 3.63) is 57.8 Å². The number of hydrogen-bond donors (Lipinski definition) is 1. The summed E-state index contributed by atoms with van der Waals surface area (Å²) in [6.45, 7) is 2.04. The summed E-state index contributed by atoms with van der Waals surface area (Å²) in [6.07, 6.45) is 1.73. The monoisotopic (exact) mass is 306 g/mol. The van der Waals surface area contributed by atoms with Crippen LogP contribution < -0.4 is 10.5 Å². The molecule has 1 aromatic carbocycles. The van der Waals surface area contributed by atoms with Gasteiger partial charge in [-0.05, 0) is 36.2 Å². The van der Waals surface area contributed by atoms with Gasteiger partial charge in [-0.25, -0.2) is 0 Å². The Labute approximate surface area is 115 Å². The zero-order valence-electron chi connectivity index (χ0n) is 10.4. The predicted octanol–water partition coefficient (Wildman–Crippen LogP) is 3.21. The number of hydrogen-bond acceptors (Lipinski definition) is 3. The Morgan fingerprint density at radius 2 is 2.06 bits per heavy atom. The first-order chi connectivity index (χ1) is 8.65. The lowest BCUT2D eigenvalue weighted by Crippen LogP contribution is -2.16. The fourth-order valence-electron chi connectivity index (χ4n) is 1.92. The maximum absolute atomic E-state index is 6.30. The Bertz CT molecular complexity index is 557. The lowest BCUT2D eigenvalue weighted by Gasteiger charge is -2.17. The zero-order chi connectivity index (χ0) is 13.1. The standard InChI is InChI=1S/C14H15BrN2O/c1-9-10(5-3-6-11(9)15)13(16)14-12(18-2)7-4-8-17-14/h3-8,13H,16H2,1-2H3. The van der Waals surface area contributed by atoms with Gasteiger partial charge in [0.05, 0.1) is 13.2 Å². The predicted molar refractivity (Wildman–Crippen MR) is 75.7 cm³/mol. The van der Waals surface area contributed by atoms with Crippen molar-refractivity contribution < 1.29 is 4.74 Å². The molecule has 2 rings (SSSR count). The molecule has 0 saturated heterocycles. The molecule has 0 saturated carbocycles. The van der Waals surface area contributed by atoms with Crippen molar-refractivity contribution in [3.63, 3.8) is 0 Å². The molecule has 2 N–H and O–H groups in total. The van der Waals surface area contributed by atoms with Crippen LogP contribution in [0, 0.1) is 6.92 Å². The molecule has 1 aromatic heterocycles. The molecule has 0 bridgehead atoms. The van der Waals surface area contributed by atoms with E-state index in [0.29, 0.717) is 5.75 Å².